The van der Waals surface area contributed by atoms with Crippen LogP contribution in [0, 0.1) is 0 Å². The molecule has 0 saturated heterocycles. The van der Waals surface area contributed by atoms with Gasteiger partial charge in [-0.25, -0.2) is 9.97 Å². The molecule has 4 aromatic rings. The van der Waals surface area contributed by atoms with Crippen molar-refractivity contribution < 1.29 is 4.79 Å². The topological polar surface area (TPSA) is 72.2 Å². The Bertz CT molecular complexity index is 930. The summed E-state index contributed by atoms with van der Waals surface area (Å²) in [5.74, 6) is -0.284. The van der Waals surface area contributed by atoms with Gasteiger partial charge in [-0.1, -0.05) is 12.1 Å². The lowest BCUT2D eigenvalue weighted by molar-refractivity contribution is 0.102. The molecule has 0 bridgehead atoms. The van der Waals surface area contributed by atoms with Crippen LogP contribution in [-0.4, -0.2) is 25.3 Å². The molecule has 3 heterocycles. The molecule has 1 aromatic carbocycles. The van der Waals surface area contributed by atoms with Crippen LogP contribution in [-0.2, 0) is 0 Å². The van der Waals surface area contributed by atoms with Crippen molar-refractivity contribution in [1.29, 1.82) is 0 Å². The first kappa shape index (κ1) is 13.6. The van der Waals surface area contributed by atoms with Gasteiger partial charge in [0.2, 0.25) is 0 Å². The Kier molecular flexibility index (Phi) is 3.32. The zero-order valence-electron chi connectivity index (χ0n) is 11.9. The number of aromatic nitrogens is 4. The predicted octanol–water partition coefficient (Wildman–Crippen LogP) is 3.11. The molecular formula is C16H11N5OS. The lowest BCUT2D eigenvalue weighted by Gasteiger charge is -2.05. The zero-order chi connectivity index (χ0) is 15.6. The van der Waals surface area contributed by atoms with Crippen LogP contribution >= 0.6 is 11.3 Å². The highest BCUT2D eigenvalue weighted by molar-refractivity contribution is 7.15. The van der Waals surface area contributed by atoms with E-state index in [-0.39, 0.29) is 11.6 Å². The van der Waals surface area contributed by atoms with Crippen molar-refractivity contribution in [3.05, 3.63) is 66.3 Å². The summed E-state index contributed by atoms with van der Waals surface area (Å²) in [6.45, 7) is 0. The molecular weight excluding hydrogens is 310 g/mol. The Labute approximate surface area is 135 Å². The number of carbonyl (C=O) groups excluding carboxylic acids is 1. The summed E-state index contributed by atoms with van der Waals surface area (Å²) in [4.78, 5) is 25.4. The summed E-state index contributed by atoms with van der Waals surface area (Å²) in [7, 11) is 0. The fourth-order valence-corrected chi connectivity index (χ4v) is 2.90. The molecule has 6 nitrogen and oxygen atoms in total. The van der Waals surface area contributed by atoms with Crippen molar-refractivity contribution in [1.82, 2.24) is 19.4 Å². The molecule has 7 heteroatoms. The Morgan fingerprint density at radius 1 is 1.17 bits per heavy atom. The van der Waals surface area contributed by atoms with Gasteiger partial charge in [0.25, 0.3) is 5.91 Å². The van der Waals surface area contributed by atoms with E-state index < -0.39 is 0 Å². The Balaban J connectivity index is 1.54. The van der Waals surface area contributed by atoms with Gasteiger partial charge in [-0.3, -0.25) is 14.2 Å². The number of fused-ring (bicyclic) bond motifs is 1. The van der Waals surface area contributed by atoms with Gasteiger partial charge in [0, 0.05) is 41.4 Å². The molecule has 0 unspecified atom stereocenters. The number of nitrogens with one attached hydrogen (secondary N) is 1. The first-order valence-corrected chi connectivity index (χ1v) is 7.77. The number of imidazole rings is 1. The highest BCUT2D eigenvalue weighted by Gasteiger charge is 2.08. The second-order valence-corrected chi connectivity index (χ2v) is 5.71. The number of anilines is 1. The molecule has 0 aliphatic carbocycles. The van der Waals surface area contributed by atoms with Crippen molar-refractivity contribution in [3.63, 3.8) is 0 Å². The van der Waals surface area contributed by atoms with E-state index in [9.17, 15) is 4.79 Å². The third-order valence-electron chi connectivity index (χ3n) is 3.33. The zero-order valence-corrected chi connectivity index (χ0v) is 12.7. The lowest BCUT2D eigenvalue weighted by Crippen LogP contribution is -2.13. The van der Waals surface area contributed by atoms with Gasteiger partial charge < -0.3 is 5.32 Å². The summed E-state index contributed by atoms with van der Waals surface area (Å²) in [5, 5.41) is 4.79. The van der Waals surface area contributed by atoms with Crippen LogP contribution < -0.4 is 5.32 Å². The second kappa shape index (κ2) is 5.62. The van der Waals surface area contributed by atoms with Crippen molar-refractivity contribution >= 4 is 27.9 Å². The molecule has 0 saturated carbocycles. The minimum Gasteiger partial charge on any atom is -0.321 e. The van der Waals surface area contributed by atoms with Crippen LogP contribution in [0.1, 0.15) is 10.5 Å². The van der Waals surface area contributed by atoms with Crippen molar-refractivity contribution in [2.24, 2.45) is 0 Å². The van der Waals surface area contributed by atoms with E-state index in [4.69, 9.17) is 0 Å². The number of hydrogen-bond acceptors (Lipinski definition) is 5. The SMILES string of the molecule is O=C(Nc1ccc(-c2cn3ccsc3n2)cc1)c1cnccn1. The molecule has 1 amide bonds. The molecule has 3 aromatic heterocycles. The maximum absolute atomic E-state index is 12.0. The normalized spacial score (nSPS) is 10.8. The molecule has 0 radical (unpaired) electrons. The molecule has 23 heavy (non-hydrogen) atoms. The van der Waals surface area contributed by atoms with Crippen molar-refractivity contribution in [2.45, 2.75) is 0 Å². The van der Waals surface area contributed by atoms with Crippen LogP contribution in [0.5, 0.6) is 0 Å². The van der Waals surface area contributed by atoms with E-state index in [0.717, 1.165) is 16.2 Å². The standard InChI is InChI=1S/C16H11N5OS/c22-15(13-9-17-5-6-18-13)19-12-3-1-11(2-4-12)14-10-21-7-8-23-16(21)20-14/h1-10H,(H,19,22). The smallest absolute Gasteiger partial charge is 0.275 e. The summed E-state index contributed by atoms with van der Waals surface area (Å²) in [5.41, 5.74) is 2.89. The quantitative estimate of drug-likeness (QED) is 0.629. The van der Waals surface area contributed by atoms with Gasteiger partial charge in [0.1, 0.15) is 5.69 Å². The molecule has 0 aliphatic heterocycles. The van der Waals surface area contributed by atoms with E-state index in [2.05, 4.69) is 20.3 Å². The van der Waals surface area contributed by atoms with Crippen LogP contribution in [0.4, 0.5) is 5.69 Å². The summed E-state index contributed by atoms with van der Waals surface area (Å²) in [6.07, 6.45) is 8.41. The fraction of sp³-hybridized carbons (Fsp3) is 0. The average molecular weight is 321 g/mol. The molecule has 0 aliphatic rings. The van der Waals surface area contributed by atoms with Gasteiger partial charge in [-0.15, -0.1) is 11.3 Å². The Morgan fingerprint density at radius 2 is 2.04 bits per heavy atom. The fourth-order valence-electron chi connectivity index (χ4n) is 2.20. The summed E-state index contributed by atoms with van der Waals surface area (Å²) >= 11 is 1.59. The Hall–Kier alpha value is -3.06. The van der Waals surface area contributed by atoms with Crippen molar-refractivity contribution in [3.8, 4) is 11.3 Å². The van der Waals surface area contributed by atoms with Crippen LogP contribution in [0.25, 0.3) is 16.2 Å². The largest absolute Gasteiger partial charge is 0.321 e. The minimum absolute atomic E-state index is 0.283. The number of thiazole rings is 1. The maximum Gasteiger partial charge on any atom is 0.275 e. The van der Waals surface area contributed by atoms with E-state index in [1.807, 2.05) is 46.4 Å². The molecule has 0 fully saturated rings. The lowest BCUT2D eigenvalue weighted by atomic mass is 10.1. The number of nitrogens with zero attached hydrogens (tertiary/aromatic N) is 4. The van der Waals surface area contributed by atoms with Crippen LogP contribution in [0.3, 0.4) is 0 Å². The van der Waals surface area contributed by atoms with Gasteiger partial charge in [0.05, 0.1) is 11.9 Å². The number of carbonyl (C=O) groups is 1. The van der Waals surface area contributed by atoms with Crippen molar-refractivity contribution in [2.75, 3.05) is 5.32 Å². The monoisotopic (exact) mass is 321 g/mol. The van der Waals surface area contributed by atoms with Gasteiger partial charge in [-0.05, 0) is 12.1 Å². The summed E-state index contributed by atoms with van der Waals surface area (Å²) < 4.78 is 1.99. The Morgan fingerprint density at radius 3 is 2.78 bits per heavy atom. The third-order valence-corrected chi connectivity index (χ3v) is 4.10. The number of benzene rings is 1. The number of amides is 1. The predicted molar refractivity (Wildman–Crippen MR) is 88.5 cm³/mol. The van der Waals surface area contributed by atoms with E-state index >= 15 is 0 Å². The van der Waals surface area contributed by atoms with Gasteiger partial charge in [-0.2, -0.15) is 0 Å². The van der Waals surface area contributed by atoms with E-state index in [1.54, 1.807) is 11.3 Å². The number of rotatable bonds is 3. The minimum atomic E-state index is -0.284. The molecule has 0 atom stereocenters. The highest BCUT2D eigenvalue weighted by Crippen LogP contribution is 2.23. The van der Waals surface area contributed by atoms with Crippen LogP contribution in [0.15, 0.2) is 60.6 Å². The first-order valence-electron chi connectivity index (χ1n) is 6.89. The second-order valence-electron chi connectivity index (χ2n) is 4.84. The first-order chi connectivity index (χ1) is 11.3. The van der Waals surface area contributed by atoms with Gasteiger partial charge >= 0.3 is 0 Å². The third kappa shape index (κ3) is 2.69. The average Bonchev–Trinajstić information content (AvgIpc) is 3.18. The molecule has 4 rings (SSSR count). The maximum atomic E-state index is 12.0. The van der Waals surface area contributed by atoms with E-state index in [0.29, 0.717) is 5.69 Å². The molecule has 0 spiro atoms. The molecule has 1 N–H and O–H groups in total. The summed E-state index contributed by atoms with van der Waals surface area (Å²) in [6, 6.07) is 7.55. The van der Waals surface area contributed by atoms with Crippen LogP contribution in [0.2, 0.25) is 0 Å². The highest BCUT2D eigenvalue weighted by atomic mass is 32.1. The van der Waals surface area contributed by atoms with Gasteiger partial charge in [0.15, 0.2) is 4.96 Å². The van der Waals surface area contributed by atoms with E-state index in [1.165, 1.54) is 18.6 Å². The molecule has 112 valence electrons. The number of hydrogen-bond donors (Lipinski definition) is 1.